The van der Waals surface area contributed by atoms with Gasteiger partial charge in [-0.3, -0.25) is 4.90 Å². The summed E-state index contributed by atoms with van der Waals surface area (Å²) in [6.07, 6.45) is 6.39. The molecule has 0 radical (unpaired) electrons. The number of nitrogens with zero attached hydrogens (tertiary/aromatic N) is 1. The predicted molar refractivity (Wildman–Crippen MR) is 45.8 cm³/mol. The Balaban J connectivity index is 3.38. The van der Waals surface area contributed by atoms with Crippen LogP contribution in [-0.4, -0.2) is 25.0 Å². The maximum absolute atomic E-state index is 5.15. The Morgan fingerprint density at radius 3 is 2.60 bits per heavy atom. The molecule has 0 aliphatic heterocycles. The molecule has 0 aromatic carbocycles. The molecule has 10 heavy (non-hydrogen) atoms. The minimum Gasteiger partial charge on any atom is -0.295 e. The van der Waals surface area contributed by atoms with Crippen LogP contribution in [0.2, 0.25) is 0 Å². The van der Waals surface area contributed by atoms with Gasteiger partial charge in [0.25, 0.3) is 0 Å². The van der Waals surface area contributed by atoms with Gasteiger partial charge in [-0.1, -0.05) is 26.2 Å². The quantitative estimate of drug-likeness (QED) is 0.535. The molecular weight excluding hydrogens is 122 g/mol. The molecule has 0 aliphatic carbocycles. The van der Waals surface area contributed by atoms with E-state index in [0.29, 0.717) is 0 Å². The second-order valence-electron chi connectivity index (χ2n) is 2.91. The molecular formula is C9H17N. The summed E-state index contributed by atoms with van der Waals surface area (Å²) in [5.41, 5.74) is 0. The minimum absolute atomic E-state index is 0.762. The van der Waals surface area contributed by atoms with Gasteiger partial charge in [-0.25, -0.2) is 0 Å². The molecule has 0 rings (SSSR count). The first-order valence-corrected chi connectivity index (χ1v) is 3.82. The van der Waals surface area contributed by atoms with Crippen LogP contribution in [0.4, 0.5) is 0 Å². The number of terminal acetylenes is 1. The van der Waals surface area contributed by atoms with E-state index in [9.17, 15) is 0 Å². The zero-order valence-corrected chi connectivity index (χ0v) is 7.22. The van der Waals surface area contributed by atoms with Crippen LogP contribution < -0.4 is 0 Å². The van der Waals surface area contributed by atoms with Gasteiger partial charge in [-0.2, -0.15) is 0 Å². The Labute approximate surface area is 64.4 Å². The molecule has 0 aliphatic rings. The zero-order chi connectivity index (χ0) is 7.98. The van der Waals surface area contributed by atoms with Gasteiger partial charge in [0.05, 0.1) is 6.54 Å². The average molecular weight is 139 g/mol. The average Bonchev–Trinajstić information content (AvgIpc) is 1.88. The molecule has 0 fully saturated rings. The highest BCUT2D eigenvalue weighted by molar-refractivity contribution is 4.87. The van der Waals surface area contributed by atoms with Crippen molar-refractivity contribution >= 4 is 0 Å². The van der Waals surface area contributed by atoms with Crippen LogP contribution in [0.3, 0.4) is 0 Å². The van der Waals surface area contributed by atoms with E-state index in [4.69, 9.17) is 6.42 Å². The first kappa shape index (κ1) is 9.52. The molecule has 1 nitrogen and oxygen atoms in total. The van der Waals surface area contributed by atoms with Gasteiger partial charge >= 0.3 is 0 Å². The van der Waals surface area contributed by atoms with E-state index >= 15 is 0 Å². The zero-order valence-electron chi connectivity index (χ0n) is 7.22. The fraction of sp³-hybridized carbons (Fsp3) is 0.778. The van der Waals surface area contributed by atoms with Crippen LogP contribution in [0, 0.1) is 18.3 Å². The lowest BCUT2D eigenvalue weighted by Crippen LogP contribution is -2.24. The van der Waals surface area contributed by atoms with Crippen molar-refractivity contribution < 1.29 is 0 Å². The summed E-state index contributed by atoms with van der Waals surface area (Å²) in [6, 6.07) is 0. The summed E-state index contributed by atoms with van der Waals surface area (Å²) in [7, 11) is 2.06. The number of hydrogen-bond acceptors (Lipinski definition) is 1. The Bertz CT molecular complexity index is 112. The lowest BCUT2D eigenvalue weighted by Gasteiger charge is -2.17. The highest BCUT2D eigenvalue weighted by atomic mass is 15.1. The van der Waals surface area contributed by atoms with Gasteiger partial charge in [0, 0.05) is 6.54 Å². The first-order chi connectivity index (χ1) is 4.70. The van der Waals surface area contributed by atoms with Crippen LogP contribution in [0.25, 0.3) is 0 Å². The summed E-state index contributed by atoms with van der Waals surface area (Å²) in [6.45, 7) is 6.33. The maximum atomic E-state index is 5.15. The molecule has 0 heterocycles. The largest absolute Gasteiger partial charge is 0.295 e. The Morgan fingerprint density at radius 1 is 1.60 bits per heavy atom. The van der Waals surface area contributed by atoms with E-state index in [-0.39, 0.29) is 0 Å². The molecule has 0 N–H and O–H groups in total. The van der Waals surface area contributed by atoms with Gasteiger partial charge < -0.3 is 0 Å². The molecule has 1 unspecified atom stereocenters. The van der Waals surface area contributed by atoms with Gasteiger partial charge in [-0.05, 0) is 13.0 Å². The van der Waals surface area contributed by atoms with Crippen molar-refractivity contribution in [2.45, 2.75) is 20.3 Å². The van der Waals surface area contributed by atoms with Gasteiger partial charge in [0.2, 0.25) is 0 Å². The topological polar surface area (TPSA) is 3.24 Å². The second-order valence-corrected chi connectivity index (χ2v) is 2.91. The van der Waals surface area contributed by atoms with E-state index in [1.54, 1.807) is 0 Å². The van der Waals surface area contributed by atoms with E-state index in [0.717, 1.165) is 19.0 Å². The third-order valence-electron chi connectivity index (χ3n) is 1.68. The highest BCUT2D eigenvalue weighted by Gasteiger charge is 2.01. The predicted octanol–water partition coefficient (Wildman–Crippen LogP) is 1.60. The van der Waals surface area contributed by atoms with Crippen molar-refractivity contribution in [3.8, 4) is 12.3 Å². The van der Waals surface area contributed by atoms with Crippen LogP contribution in [-0.2, 0) is 0 Å². The summed E-state index contributed by atoms with van der Waals surface area (Å²) in [5, 5.41) is 0. The summed E-state index contributed by atoms with van der Waals surface area (Å²) < 4.78 is 0. The molecule has 1 atom stereocenters. The van der Waals surface area contributed by atoms with Gasteiger partial charge in [0.15, 0.2) is 0 Å². The second kappa shape index (κ2) is 5.32. The summed E-state index contributed by atoms with van der Waals surface area (Å²) in [4.78, 5) is 2.17. The normalized spacial score (nSPS) is 13.1. The SMILES string of the molecule is C#CCN(C)CC(C)CC. The van der Waals surface area contributed by atoms with Crippen LogP contribution in [0.1, 0.15) is 20.3 Å². The molecule has 0 bridgehead atoms. The van der Waals surface area contributed by atoms with Crippen LogP contribution in [0.5, 0.6) is 0 Å². The molecule has 0 saturated carbocycles. The van der Waals surface area contributed by atoms with Gasteiger partial charge in [0.1, 0.15) is 0 Å². The van der Waals surface area contributed by atoms with Crippen LogP contribution in [0.15, 0.2) is 0 Å². The lowest BCUT2D eigenvalue weighted by molar-refractivity contribution is 0.311. The lowest BCUT2D eigenvalue weighted by atomic mass is 10.1. The summed E-state index contributed by atoms with van der Waals surface area (Å²) >= 11 is 0. The Kier molecular flexibility index (Phi) is 5.06. The van der Waals surface area contributed by atoms with Crippen molar-refractivity contribution in [3.05, 3.63) is 0 Å². The standard InChI is InChI=1S/C9H17N/c1-5-7-10(4)8-9(3)6-2/h1,9H,6-8H2,2-4H3. The third-order valence-corrected chi connectivity index (χ3v) is 1.68. The number of hydrogen-bond donors (Lipinski definition) is 0. The van der Waals surface area contributed by atoms with E-state index in [1.807, 2.05) is 0 Å². The molecule has 58 valence electrons. The Hall–Kier alpha value is -0.480. The first-order valence-electron chi connectivity index (χ1n) is 3.82. The Morgan fingerprint density at radius 2 is 2.20 bits per heavy atom. The van der Waals surface area contributed by atoms with E-state index < -0.39 is 0 Å². The molecule has 0 aromatic rings. The minimum atomic E-state index is 0.762. The molecule has 1 heteroatoms. The fourth-order valence-corrected chi connectivity index (χ4v) is 0.882. The smallest absolute Gasteiger partial charge is 0.0596 e. The maximum Gasteiger partial charge on any atom is 0.0596 e. The molecule has 0 amide bonds. The molecule has 0 saturated heterocycles. The van der Waals surface area contributed by atoms with Crippen molar-refractivity contribution in [2.24, 2.45) is 5.92 Å². The van der Waals surface area contributed by atoms with Crippen molar-refractivity contribution in [3.63, 3.8) is 0 Å². The summed E-state index contributed by atoms with van der Waals surface area (Å²) in [5.74, 6) is 3.39. The number of rotatable bonds is 4. The van der Waals surface area contributed by atoms with Gasteiger partial charge in [-0.15, -0.1) is 6.42 Å². The fourth-order valence-electron chi connectivity index (χ4n) is 0.882. The van der Waals surface area contributed by atoms with Crippen LogP contribution >= 0.6 is 0 Å². The molecule has 0 spiro atoms. The van der Waals surface area contributed by atoms with E-state index in [1.165, 1.54) is 6.42 Å². The van der Waals surface area contributed by atoms with Crippen molar-refractivity contribution in [1.29, 1.82) is 0 Å². The molecule has 0 aromatic heterocycles. The third kappa shape index (κ3) is 4.40. The van der Waals surface area contributed by atoms with E-state index in [2.05, 4.69) is 31.7 Å². The van der Waals surface area contributed by atoms with Crippen molar-refractivity contribution in [2.75, 3.05) is 20.1 Å². The van der Waals surface area contributed by atoms with Crippen molar-refractivity contribution in [1.82, 2.24) is 4.90 Å². The monoisotopic (exact) mass is 139 g/mol. The highest BCUT2D eigenvalue weighted by Crippen LogP contribution is 2.01.